The minimum Gasteiger partial charge on any atom is -0.452 e. The number of urea groups is 1. The summed E-state index contributed by atoms with van der Waals surface area (Å²) in [4.78, 5) is 35.0. The van der Waals surface area contributed by atoms with E-state index in [0.29, 0.717) is 12.2 Å². The number of imide groups is 1. The molecule has 2 rings (SSSR count). The zero-order chi connectivity index (χ0) is 22.3. The standard InChI is InChI=1S/C20H23N3O6S/c1-4-21-20(26)22-18(24)13-29-19(25)15-7-9-16(10-8-15)23(3)30(27,28)17-11-5-14(2)6-12-17/h5-12H,4,13H2,1-3H3,(H2,21,22,24,26). The van der Waals surface area contributed by atoms with Crippen molar-refractivity contribution in [3.63, 3.8) is 0 Å². The smallest absolute Gasteiger partial charge is 0.338 e. The van der Waals surface area contributed by atoms with Crippen molar-refractivity contribution in [2.24, 2.45) is 0 Å². The van der Waals surface area contributed by atoms with E-state index in [1.54, 1.807) is 19.1 Å². The number of carbonyl (C=O) groups is 3. The number of benzene rings is 2. The van der Waals surface area contributed by atoms with Crippen LogP contribution in [0.1, 0.15) is 22.8 Å². The first-order chi connectivity index (χ1) is 14.1. The van der Waals surface area contributed by atoms with Gasteiger partial charge in [-0.05, 0) is 50.2 Å². The molecule has 3 amide bonds. The first kappa shape index (κ1) is 22.9. The fourth-order valence-corrected chi connectivity index (χ4v) is 3.59. The molecule has 0 aliphatic heterocycles. The highest BCUT2D eigenvalue weighted by molar-refractivity contribution is 7.92. The SMILES string of the molecule is CCNC(=O)NC(=O)COC(=O)c1ccc(N(C)S(=O)(=O)c2ccc(C)cc2)cc1. The number of ether oxygens (including phenoxy) is 1. The van der Waals surface area contributed by atoms with E-state index < -0.39 is 34.5 Å². The Hall–Kier alpha value is -3.40. The van der Waals surface area contributed by atoms with Gasteiger partial charge in [-0.25, -0.2) is 18.0 Å². The fraction of sp³-hybridized carbons (Fsp3) is 0.250. The molecule has 9 nitrogen and oxygen atoms in total. The summed E-state index contributed by atoms with van der Waals surface area (Å²) in [6, 6.07) is 11.5. The van der Waals surface area contributed by atoms with E-state index in [4.69, 9.17) is 4.74 Å². The molecule has 0 aliphatic rings. The van der Waals surface area contributed by atoms with Crippen LogP contribution < -0.4 is 14.9 Å². The molecule has 0 aromatic heterocycles. The molecule has 0 aliphatic carbocycles. The second-order valence-electron chi connectivity index (χ2n) is 6.32. The van der Waals surface area contributed by atoms with Crippen molar-refractivity contribution in [1.29, 1.82) is 0 Å². The van der Waals surface area contributed by atoms with Crippen LogP contribution in [0.3, 0.4) is 0 Å². The number of amides is 3. The van der Waals surface area contributed by atoms with E-state index in [9.17, 15) is 22.8 Å². The Bertz CT molecular complexity index is 1020. The van der Waals surface area contributed by atoms with E-state index in [0.717, 1.165) is 9.87 Å². The highest BCUT2D eigenvalue weighted by Crippen LogP contribution is 2.22. The number of anilines is 1. The quantitative estimate of drug-likeness (QED) is 0.643. The Morgan fingerprint density at radius 2 is 1.60 bits per heavy atom. The van der Waals surface area contributed by atoms with E-state index in [1.807, 2.05) is 12.2 Å². The Labute approximate surface area is 175 Å². The van der Waals surface area contributed by atoms with Gasteiger partial charge in [-0.3, -0.25) is 14.4 Å². The number of sulfonamides is 1. The van der Waals surface area contributed by atoms with E-state index in [2.05, 4.69) is 5.32 Å². The van der Waals surface area contributed by atoms with Crippen LogP contribution in [0.25, 0.3) is 0 Å². The van der Waals surface area contributed by atoms with Gasteiger partial charge in [0.05, 0.1) is 16.1 Å². The third-order valence-electron chi connectivity index (χ3n) is 4.07. The van der Waals surface area contributed by atoms with Gasteiger partial charge in [0, 0.05) is 13.6 Å². The van der Waals surface area contributed by atoms with Gasteiger partial charge >= 0.3 is 12.0 Å². The third kappa shape index (κ3) is 5.80. The number of carbonyl (C=O) groups excluding carboxylic acids is 3. The van der Waals surface area contributed by atoms with Crippen molar-refractivity contribution in [1.82, 2.24) is 10.6 Å². The second-order valence-corrected chi connectivity index (χ2v) is 8.29. The van der Waals surface area contributed by atoms with Crippen LogP contribution in [0.2, 0.25) is 0 Å². The molecule has 160 valence electrons. The van der Waals surface area contributed by atoms with Crippen LogP contribution in [0.15, 0.2) is 53.4 Å². The summed E-state index contributed by atoms with van der Waals surface area (Å²) in [5, 5.41) is 4.38. The topological polar surface area (TPSA) is 122 Å². The average molecular weight is 433 g/mol. The van der Waals surface area contributed by atoms with Gasteiger partial charge in [-0.15, -0.1) is 0 Å². The minimum absolute atomic E-state index is 0.130. The predicted octanol–water partition coefficient (Wildman–Crippen LogP) is 1.82. The number of esters is 1. The summed E-state index contributed by atoms with van der Waals surface area (Å²) in [6.07, 6.45) is 0. The summed E-state index contributed by atoms with van der Waals surface area (Å²) in [5.41, 5.74) is 1.42. The molecule has 0 radical (unpaired) electrons. The van der Waals surface area contributed by atoms with Gasteiger partial charge in [0.2, 0.25) is 0 Å². The predicted molar refractivity (Wildman–Crippen MR) is 111 cm³/mol. The van der Waals surface area contributed by atoms with Crippen LogP contribution in [-0.2, 0) is 19.6 Å². The Balaban J connectivity index is 2.01. The van der Waals surface area contributed by atoms with Gasteiger partial charge in [0.1, 0.15) is 0 Å². The summed E-state index contributed by atoms with van der Waals surface area (Å²) < 4.78 is 31.4. The number of aryl methyl sites for hydroxylation is 1. The van der Waals surface area contributed by atoms with Crippen molar-refractivity contribution < 1.29 is 27.5 Å². The summed E-state index contributed by atoms with van der Waals surface area (Å²) >= 11 is 0. The minimum atomic E-state index is -3.75. The maximum absolute atomic E-state index is 12.7. The van der Waals surface area contributed by atoms with Crippen molar-refractivity contribution in [3.8, 4) is 0 Å². The van der Waals surface area contributed by atoms with Crippen molar-refractivity contribution in [3.05, 3.63) is 59.7 Å². The largest absolute Gasteiger partial charge is 0.452 e. The molecular formula is C20H23N3O6S. The maximum Gasteiger partial charge on any atom is 0.338 e. The maximum atomic E-state index is 12.7. The summed E-state index contributed by atoms with van der Waals surface area (Å²) in [6.45, 7) is 3.28. The summed E-state index contributed by atoms with van der Waals surface area (Å²) in [7, 11) is -2.34. The number of nitrogens with zero attached hydrogens (tertiary/aromatic N) is 1. The van der Waals surface area contributed by atoms with Gasteiger partial charge < -0.3 is 10.1 Å². The van der Waals surface area contributed by atoms with Crippen molar-refractivity contribution >= 4 is 33.6 Å². The lowest BCUT2D eigenvalue weighted by Gasteiger charge is -2.19. The van der Waals surface area contributed by atoms with Crippen LogP contribution >= 0.6 is 0 Å². The van der Waals surface area contributed by atoms with E-state index in [1.165, 1.54) is 43.4 Å². The Kier molecular flexibility index (Phi) is 7.54. The number of hydrogen-bond donors (Lipinski definition) is 2. The average Bonchev–Trinajstić information content (AvgIpc) is 2.72. The first-order valence-electron chi connectivity index (χ1n) is 9.05. The lowest BCUT2D eigenvalue weighted by Crippen LogP contribution is -2.41. The zero-order valence-corrected chi connectivity index (χ0v) is 17.7. The molecule has 0 bridgehead atoms. The van der Waals surface area contributed by atoms with E-state index >= 15 is 0 Å². The molecule has 0 heterocycles. The molecule has 0 atom stereocenters. The molecule has 0 saturated heterocycles. The lowest BCUT2D eigenvalue weighted by atomic mass is 10.2. The van der Waals surface area contributed by atoms with Crippen LogP contribution in [0, 0.1) is 6.92 Å². The highest BCUT2D eigenvalue weighted by Gasteiger charge is 2.21. The molecule has 0 fully saturated rings. The second kappa shape index (κ2) is 9.88. The number of hydrogen-bond acceptors (Lipinski definition) is 6. The lowest BCUT2D eigenvalue weighted by molar-refractivity contribution is -0.123. The highest BCUT2D eigenvalue weighted by atomic mass is 32.2. The normalized spacial score (nSPS) is 10.8. The van der Waals surface area contributed by atoms with Gasteiger partial charge in [0.15, 0.2) is 6.61 Å². The van der Waals surface area contributed by atoms with Gasteiger partial charge in [-0.1, -0.05) is 17.7 Å². The van der Waals surface area contributed by atoms with Gasteiger partial charge in [0.25, 0.3) is 15.9 Å². The monoisotopic (exact) mass is 433 g/mol. The Morgan fingerprint density at radius 3 is 2.17 bits per heavy atom. The summed E-state index contributed by atoms with van der Waals surface area (Å²) in [5.74, 6) is -1.55. The molecular weight excluding hydrogens is 410 g/mol. The van der Waals surface area contributed by atoms with Crippen molar-refractivity contribution in [2.75, 3.05) is 24.5 Å². The molecule has 0 unspecified atom stereocenters. The third-order valence-corrected chi connectivity index (χ3v) is 5.87. The van der Waals surface area contributed by atoms with Crippen molar-refractivity contribution in [2.45, 2.75) is 18.7 Å². The molecule has 10 heteroatoms. The number of nitrogens with one attached hydrogen (secondary N) is 2. The molecule has 0 spiro atoms. The molecule has 2 N–H and O–H groups in total. The van der Waals surface area contributed by atoms with Gasteiger partial charge in [-0.2, -0.15) is 0 Å². The molecule has 30 heavy (non-hydrogen) atoms. The molecule has 2 aromatic rings. The number of rotatable bonds is 7. The first-order valence-corrected chi connectivity index (χ1v) is 10.5. The zero-order valence-electron chi connectivity index (χ0n) is 16.8. The molecule has 0 saturated carbocycles. The fourth-order valence-electron chi connectivity index (χ4n) is 2.40. The van der Waals surface area contributed by atoms with E-state index in [-0.39, 0.29) is 10.5 Å². The van der Waals surface area contributed by atoms with Crippen LogP contribution in [0.5, 0.6) is 0 Å². The van der Waals surface area contributed by atoms with Crippen LogP contribution in [0.4, 0.5) is 10.5 Å². The van der Waals surface area contributed by atoms with Crippen LogP contribution in [-0.4, -0.2) is 46.5 Å². The Morgan fingerprint density at radius 1 is 1.00 bits per heavy atom. The molecule has 2 aromatic carbocycles.